The predicted octanol–water partition coefficient (Wildman–Crippen LogP) is 3.15. The van der Waals surface area contributed by atoms with E-state index in [1.807, 2.05) is 13.0 Å². The van der Waals surface area contributed by atoms with Gasteiger partial charge in [-0.2, -0.15) is 4.98 Å². The van der Waals surface area contributed by atoms with Crippen LogP contribution in [0.15, 0.2) is 33.5 Å². The fraction of sp³-hybridized carbons (Fsp3) is 0.333. The van der Waals surface area contributed by atoms with Crippen molar-refractivity contribution in [3.63, 3.8) is 0 Å². The molecule has 1 aromatic carbocycles. The summed E-state index contributed by atoms with van der Waals surface area (Å²) >= 11 is 3.35. The molecule has 2 aromatic rings. The molecular weight excluding hydrogens is 336 g/mol. The first-order valence-corrected chi connectivity index (χ1v) is 7.58. The van der Waals surface area contributed by atoms with Crippen molar-refractivity contribution >= 4 is 15.9 Å². The van der Waals surface area contributed by atoms with Crippen LogP contribution in [0.4, 0.5) is 0 Å². The van der Waals surface area contributed by atoms with E-state index in [2.05, 4.69) is 25.9 Å². The van der Waals surface area contributed by atoms with Crippen molar-refractivity contribution in [2.24, 2.45) is 0 Å². The van der Waals surface area contributed by atoms with Crippen molar-refractivity contribution in [1.29, 1.82) is 0 Å². The van der Waals surface area contributed by atoms with Crippen molar-refractivity contribution in [3.05, 3.63) is 44.9 Å². The van der Waals surface area contributed by atoms with Crippen LogP contribution in [0.3, 0.4) is 0 Å². The Labute approximate surface area is 130 Å². The van der Waals surface area contributed by atoms with Gasteiger partial charge in [-0.3, -0.25) is 4.79 Å². The summed E-state index contributed by atoms with van der Waals surface area (Å²) in [5, 5.41) is 10.1. The first-order chi connectivity index (χ1) is 10.0. The minimum absolute atomic E-state index is 0.146. The zero-order valence-electron chi connectivity index (χ0n) is 11.5. The van der Waals surface area contributed by atoms with Crippen LogP contribution in [0, 0.1) is 0 Å². The third-order valence-electron chi connectivity index (χ3n) is 3.57. The number of aromatic amines is 1. The number of hydrogen-bond donors (Lipinski definition) is 2. The third kappa shape index (κ3) is 2.87. The van der Waals surface area contributed by atoms with E-state index in [-0.39, 0.29) is 29.2 Å². The van der Waals surface area contributed by atoms with Crippen molar-refractivity contribution < 1.29 is 9.84 Å². The van der Waals surface area contributed by atoms with E-state index in [4.69, 9.17) is 4.74 Å². The highest BCUT2D eigenvalue weighted by Gasteiger charge is 2.26. The second-order valence-electron chi connectivity index (χ2n) is 5.17. The van der Waals surface area contributed by atoms with Crippen molar-refractivity contribution in [2.45, 2.75) is 32.0 Å². The number of benzene rings is 1. The van der Waals surface area contributed by atoms with E-state index in [0.717, 1.165) is 17.3 Å². The van der Waals surface area contributed by atoms with Gasteiger partial charge in [0.15, 0.2) is 0 Å². The number of halogens is 1. The van der Waals surface area contributed by atoms with Crippen LogP contribution >= 0.6 is 15.9 Å². The molecule has 0 aliphatic carbocycles. The van der Waals surface area contributed by atoms with Crippen LogP contribution in [0.2, 0.25) is 0 Å². The fourth-order valence-electron chi connectivity index (χ4n) is 2.54. The van der Waals surface area contributed by atoms with E-state index < -0.39 is 0 Å². The molecule has 2 unspecified atom stereocenters. The van der Waals surface area contributed by atoms with E-state index in [0.29, 0.717) is 11.4 Å². The Kier molecular flexibility index (Phi) is 3.82. The van der Waals surface area contributed by atoms with Crippen molar-refractivity contribution in [2.75, 3.05) is 0 Å². The van der Waals surface area contributed by atoms with Crippen LogP contribution in [-0.2, 0) is 4.74 Å². The lowest BCUT2D eigenvalue weighted by Gasteiger charge is -2.12. The minimum atomic E-state index is -0.362. The summed E-state index contributed by atoms with van der Waals surface area (Å²) in [6, 6.07) is 7.17. The Morgan fingerprint density at radius 1 is 1.43 bits per heavy atom. The van der Waals surface area contributed by atoms with Gasteiger partial charge in [0, 0.05) is 4.47 Å². The van der Waals surface area contributed by atoms with Gasteiger partial charge < -0.3 is 14.8 Å². The minimum Gasteiger partial charge on any atom is -0.493 e. The van der Waals surface area contributed by atoms with Crippen LogP contribution in [0.5, 0.6) is 5.88 Å². The molecule has 0 amide bonds. The first kappa shape index (κ1) is 14.3. The molecule has 3 rings (SSSR count). The van der Waals surface area contributed by atoms with Gasteiger partial charge in [-0.25, -0.2) is 0 Å². The number of nitrogens with one attached hydrogen (secondary N) is 1. The van der Waals surface area contributed by atoms with Gasteiger partial charge in [0.2, 0.25) is 5.88 Å². The maximum atomic E-state index is 12.3. The molecule has 5 nitrogen and oxygen atoms in total. The second kappa shape index (κ2) is 5.61. The number of ether oxygens (including phenoxy) is 1. The van der Waals surface area contributed by atoms with Gasteiger partial charge in [-0.1, -0.05) is 28.1 Å². The molecule has 2 heterocycles. The van der Waals surface area contributed by atoms with Crippen molar-refractivity contribution in [3.8, 4) is 17.0 Å². The summed E-state index contributed by atoms with van der Waals surface area (Å²) < 4.78 is 6.50. The van der Waals surface area contributed by atoms with Gasteiger partial charge >= 0.3 is 0 Å². The van der Waals surface area contributed by atoms with Gasteiger partial charge in [0.05, 0.1) is 6.10 Å². The summed E-state index contributed by atoms with van der Waals surface area (Å²) in [5.41, 5.74) is 0.424. The van der Waals surface area contributed by atoms with Gasteiger partial charge in [-0.15, -0.1) is 0 Å². The number of aromatic hydroxyl groups is 1. The summed E-state index contributed by atoms with van der Waals surface area (Å²) in [6.45, 7) is 1.98. The van der Waals surface area contributed by atoms with Crippen molar-refractivity contribution in [1.82, 2.24) is 9.97 Å². The maximum Gasteiger partial charge on any atom is 0.262 e. The summed E-state index contributed by atoms with van der Waals surface area (Å²) in [4.78, 5) is 19.1. The molecule has 1 aliphatic heterocycles. The zero-order valence-corrected chi connectivity index (χ0v) is 13.1. The van der Waals surface area contributed by atoms with E-state index in [1.165, 1.54) is 0 Å². The summed E-state index contributed by atoms with van der Waals surface area (Å²) in [6.07, 6.45) is 1.60. The Morgan fingerprint density at radius 2 is 2.24 bits per heavy atom. The molecule has 0 bridgehead atoms. The molecule has 2 N–H and O–H groups in total. The Morgan fingerprint density at radius 3 is 2.86 bits per heavy atom. The summed E-state index contributed by atoms with van der Waals surface area (Å²) in [5.74, 6) is 0.121. The average molecular weight is 351 g/mol. The van der Waals surface area contributed by atoms with E-state index >= 15 is 0 Å². The number of nitrogens with zero attached hydrogens (tertiary/aromatic N) is 1. The first-order valence-electron chi connectivity index (χ1n) is 6.79. The van der Waals surface area contributed by atoms with Crippen LogP contribution in [-0.4, -0.2) is 21.2 Å². The quantitative estimate of drug-likeness (QED) is 0.872. The highest BCUT2D eigenvalue weighted by Crippen LogP contribution is 2.32. The molecular formula is C15H15BrN2O3. The fourth-order valence-corrected chi connectivity index (χ4v) is 2.94. The molecule has 0 spiro atoms. The number of aromatic nitrogens is 2. The van der Waals surface area contributed by atoms with Crippen LogP contribution in [0.1, 0.15) is 31.7 Å². The topological polar surface area (TPSA) is 75.2 Å². The second-order valence-corrected chi connectivity index (χ2v) is 6.09. The molecule has 1 aromatic heterocycles. The molecule has 2 atom stereocenters. The lowest BCUT2D eigenvalue weighted by atomic mass is 10.1. The van der Waals surface area contributed by atoms with Crippen LogP contribution < -0.4 is 5.56 Å². The molecule has 21 heavy (non-hydrogen) atoms. The highest BCUT2D eigenvalue weighted by molar-refractivity contribution is 9.10. The van der Waals surface area contributed by atoms with Crippen LogP contribution in [0.25, 0.3) is 11.1 Å². The van der Waals surface area contributed by atoms with Gasteiger partial charge in [-0.05, 0) is 37.5 Å². The normalized spacial score (nSPS) is 21.6. The lowest BCUT2D eigenvalue weighted by molar-refractivity contribution is 0.0498. The number of H-pyrrole nitrogens is 1. The SMILES string of the molecule is CC1CCC(c2nc(O)c(-c3cccc(Br)c3)c(=O)[nH]2)O1. The maximum absolute atomic E-state index is 12.3. The standard InChI is InChI=1S/C15H15BrN2O3/c1-8-5-6-11(21-8)13-17-14(19)12(15(20)18-13)9-3-2-4-10(16)7-9/h2-4,7-8,11H,5-6H2,1H3,(H2,17,18,19,20). The average Bonchev–Trinajstić information content (AvgIpc) is 2.85. The number of hydrogen-bond acceptors (Lipinski definition) is 4. The Balaban J connectivity index is 2.03. The molecule has 110 valence electrons. The van der Waals surface area contributed by atoms with E-state index in [9.17, 15) is 9.90 Å². The monoisotopic (exact) mass is 350 g/mol. The Bertz CT molecular complexity index is 729. The number of rotatable bonds is 2. The summed E-state index contributed by atoms with van der Waals surface area (Å²) in [7, 11) is 0. The Hall–Kier alpha value is -1.66. The van der Waals surface area contributed by atoms with Gasteiger partial charge in [0.1, 0.15) is 17.5 Å². The molecule has 0 saturated carbocycles. The largest absolute Gasteiger partial charge is 0.493 e. The highest BCUT2D eigenvalue weighted by atomic mass is 79.9. The van der Waals surface area contributed by atoms with Gasteiger partial charge in [0.25, 0.3) is 5.56 Å². The molecule has 0 radical (unpaired) electrons. The zero-order chi connectivity index (χ0) is 15.0. The molecule has 1 fully saturated rings. The molecule has 1 saturated heterocycles. The molecule has 6 heteroatoms. The molecule has 1 aliphatic rings. The van der Waals surface area contributed by atoms with E-state index in [1.54, 1.807) is 18.2 Å². The lowest BCUT2D eigenvalue weighted by Crippen LogP contribution is -2.16. The smallest absolute Gasteiger partial charge is 0.262 e. The predicted molar refractivity (Wildman–Crippen MR) is 82.2 cm³/mol. The third-order valence-corrected chi connectivity index (χ3v) is 4.06.